The van der Waals surface area contributed by atoms with Gasteiger partial charge in [0.2, 0.25) is 0 Å². The van der Waals surface area contributed by atoms with Crippen molar-refractivity contribution in [2.45, 2.75) is 48.0 Å². The third-order valence-corrected chi connectivity index (χ3v) is 1.03. The van der Waals surface area contributed by atoms with Crippen LogP contribution in [0.15, 0.2) is 11.6 Å². The first-order valence-corrected chi connectivity index (χ1v) is 4.63. The predicted molar refractivity (Wildman–Crippen MR) is 55.8 cm³/mol. The van der Waals surface area contributed by atoms with Crippen LogP contribution in [0.4, 0.5) is 0 Å². The highest BCUT2D eigenvalue weighted by Crippen LogP contribution is 1.94. The summed E-state index contributed by atoms with van der Waals surface area (Å²) in [6.45, 7) is 12.9. The molecule has 0 heterocycles. The van der Waals surface area contributed by atoms with E-state index in [2.05, 4.69) is 13.0 Å². The summed E-state index contributed by atoms with van der Waals surface area (Å²) in [4.78, 5) is 0. The lowest BCUT2D eigenvalue weighted by atomic mass is 10.2. The first kappa shape index (κ1) is 17.0. The van der Waals surface area contributed by atoms with E-state index in [0.29, 0.717) is 0 Å². The van der Waals surface area contributed by atoms with Crippen LogP contribution in [-0.4, -0.2) is 6.54 Å². The highest BCUT2D eigenvalue weighted by molar-refractivity contribution is 4.94. The Balaban J connectivity index is -0.000000138. The number of rotatable bonds is 2. The van der Waals surface area contributed by atoms with E-state index in [-0.39, 0.29) is 0 Å². The van der Waals surface area contributed by atoms with Crippen molar-refractivity contribution < 1.29 is 0 Å². The van der Waals surface area contributed by atoms with E-state index in [1.54, 1.807) is 0 Å². The lowest BCUT2D eigenvalue weighted by Crippen LogP contribution is -1.97. The van der Waals surface area contributed by atoms with Crippen LogP contribution < -0.4 is 5.73 Å². The third-order valence-electron chi connectivity index (χ3n) is 1.03. The number of allylic oxidation sites excluding steroid dienone is 1. The molecule has 70 valence electrons. The van der Waals surface area contributed by atoms with Crippen molar-refractivity contribution in [3.05, 3.63) is 11.6 Å². The minimum atomic E-state index is 0.774. The minimum absolute atomic E-state index is 0.774. The summed E-state index contributed by atoms with van der Waals surface area (Å²) in [6.07, 6.45) is 3.13. The monoisotopic (exact) mass is 159 g/mol. The van der Waals surface area contributed by atoms with Gasteiger partial charge >= 0.3 is 0 Å². The Morgan fingerprint density at radius 2 is 1.55 bits per heavy atom. The molecule has 0 fully saturated rings. The molecule has 11 heavy (non-hydrogen) atoms. The smallest absolute Gasteiger partial charge is 0.00401 e. The molecule has 0 radical (unpaired) electrons. The fraction of sp³-hybridized carbons (Fsp3) is 0.800. The molecule has 0 aromatic rings. The Morgan fingerprint density at radius 3 is 1.64 bits per heavy atom. The zero-order valence-electron chi connectivity index (χ0n) is 9.07. The second kappa shape index (κ2) is 22.6. The summed E-state index contributed by atoms with van der Waals surface area (Å²) in [5.74, 6) is 0. The Morgan fingerprint density at radius 1 is 1.18 bits per heavy atom. The number of hydrogen-bond acceptors (Lipinski definition) is 1. The van der Waals surface area contributed by atoms with Gasteiger partial charge < -0.3 is 5.73 Å². The van der Waals surface area contributed by atoms with E-state index >= 15 is 0 Å². The van der Waals surface area contributed by atoms with E-state index in [1.165, 1.54) is 5.57 Å². The third kappa shape index (κ3) is 26.0. The van der Waals surface area contributed by atoms with Crippen LogP contribution in [0.5, 0.6) is 0 Å². The summed E-state index contributed by atoms with van der Waals surface area (Å²) in [5, 5.41) is 0. The van der Waals surface area contributed by atoms with Crippen molar-refractivity contribution in [1.29, 1.82) is 0 Å². The summed E-state index contributed by atoms with van der Waals surface area (Å²) in [6, 6.07) is 0. The Kier molecular flexibility index (Phi) is 34.9. The summed E-state index contributed by atoms with van der Waals surface area (Å²) >= 11 is 0. The van der Waals surface area contributed by atoms with Crippen molar-refractivity contribution >= 4 is 0 Å². The van der Waals surface area contributed by atoms with Crippen LogP contribution in [0, 0.1) is 0 Å². The molecule has 1 heteroatoms. The van der Waals surface area contributed by atoms with Crippen LogP contribution in [-0.2, 0) is 0 Å². The second-order valence-electron chi connectivity index (χ2n) is 1.67. The Bertz CT molecular complexity index is 65.3. The van der Waals surface area contributed by atoms with E-state index in [4.69, 9.17) is 5.73 Å². The van der Waals surface area contributed by atoms with Gasteiger partial charge in [0, 0.05) is 0 Å². The molecule has 0 saturated heterocycles. The molecule has 0 aliphatic heterocycles. The molecule has 0 aromatic heterocycles. The predicted octanol–water partition coefficient (Wildman–Crippen LogP) is 3.35. The minimum Gasteiger partial charge on any atom is -0.330 e. The quantitative estimate of drug-likeness (QED) is 0.614. The molecule has 0 aliphatic rings. The molecule has 1 nitrogen and oxygen atoms in total. The lowest BCUT2D eigenvalue weighted by Gasteiger charge is -1.91. The van der Waals surface area contributed by atoms with Gasteiger partial charge in [0.05, 0.1) is 0 Å². The van der Waals surface area contributed by atoms with Crippen molar-refractivity contribution in [3.8, 4) is 0 Å². The van der Waals surface area contributed by atoms with Crippen LogP contribution in [0.2, 0.25) is 0 Å². The molecule has 0 aliphatic carbocycles. The maximum atomic E-state index is 5.26. The molecule has 0 spiro atoms. The van der Waals surface area contributed by atoms with Crippen molar-refractivity contribution in [2.75, 3.05) is 6.54 Å². The average Bonchev–Trinajstić information content (AvgIpc) is 2.12. The van der Waals surface area contributed by atoms with Gasteiger partial charge in [0.15, 0.2) is 0 Å². The molecular formula is C10H25N. The zero-order chi connectivity index (χ0) is 9.70. The van der Waals surface area contributed by atoms with Gasteiger partial charge in [0.25, 0.3) is 0 Å². The van der Waals surface area contributed by atoms with Gasteiger partial charge in [0.1, 0.15) is 0 Å². The van der Waals surface area contributed by atoms with Crippen molar-refractivity contribution in [2.24, 2.45) is 5.73 Å². The lowest BCUT2D eigenvalue weighted by molar-refractivity contribution is 0.947. The average molecular weight is 159 g/mol. The first-order valence-electron chi connectivity index (χ1n) is 4.63. The van der Waals surface area contributed by atoms with Crippen LogP contribution in [0.1, 0.15) is 48.0 Å². The molecule has 2 N–H and O–H groups in total. The maximum absolute atomic E-state index is 5.26. The van der Waals surface area contributed by atoms with Gasteiger partial charge in [-0.15, -0.1) is 0 Å². The van der Waals surface area contributed by atoms with Crippen LogP contribution in [0.3, 0.4) is 0 Å². The molecule has 0 aromatic carbocycles. The summed E-state index contributed by atoms with van der Waals surface area (Å²) in [7, 11) is 0. The topological polar surface area (TPSA) is 26.0 Å². The second-order valence-corrected chi connectivity index (χ2v) is 1.67. The highest BCUT2D eigenvalue weighted by atomic mass is 14.5. The first-order chi connectivity index (χ1) is 5.31. The molecule has 0 unspecified atom stereocenters. The highest BCUT2D eigenvalue weighted by Gasteiger charge is 1.79. The van der Waals surface area contributed by atoms with E-state index in [1.807, 2.05) is 34.6 Å². The molecule has 0 saturated carbocycles. The van der Waals surface area contributed by atoms with E-state index in [0.717, 1.165) is 13.0 Å². The molecule has 0 amide bonds. The standard InChI is InChI=1S/C6H13N.2C2H6/c1-3-6(2)4-5-7;2*1-2/h3H,4-5,7H2,1-2H3;2*1-2H3/b6-3-;;. The van der Waals surface area contributed by atoms with E-state index < -0.39 is 0 Å². The summed E-state index contributed by atoms with van der Waals surface area (Å²) in [5.41, 5.74) is 6.64. The number of hydrogen-bond donors (Lipinski definition) is 1. The van der Waals surface area contributed by atoms with Gasteiger partial charge in [-0.05, 0) is 26.8 Å². The molecule has 0 atom stereocenters. The van der Waals surface area contributed by atoms with Crippen LogP contribution in [0.25, 0.3) is 0 Å². The molecule has 0 bridgehead atoms. The van der Waals surface area contributed by atoms with Crippen LogP contribution >= 0.6 is 0 Å². The fourth-order valence-corrected chi connectivity index (χ4v) is 0.372. The zero-order valence-corrected chi connectivity index (χ0v) is 9.07. The largest absolute Gasteiger partial charge is 0.330 e. The van der Waals surface area contributed by atoms with Gasteiger partial charge in [-0.1, -0.05) is 39.3 Å². The van der Waals surface area contributed by atoms with Crippen molar-refractivity contribution in [1.82, 2.24) is 0 Å². The van der Waals surface area contributed by atoms with Crippen molar-refractivity contribution in [3.63, 3.8) is 0 Å². The fourth-order valence-electron chi connectivity index (χ4n) is 0.372. The number of nitrogens with two attached hydrogens (primary N) is 1. The molecular weight excluding hydrogens is 134 g/mol. The Hall–Kier alpha value is -0.300. The molecule has 0 rings (SSSR count). The van der Waals surface area contributed by atoms with Gasteiger partial charge in [-0.2, -0.15) is 0 Å². The SMILES string of the molecule is C/C=C(/C)CCN.CC.CC. The van der Waals surface area contributed by atoms with Gasteiger partial charge in [-0.3, -0.25) is 0 Å². The maximum Gasteiger partial charge on any atom is -0.00401 e. The normalized spacial score (nSPS) is 8.82. The van der Waals surface area contributed by atoms with E-state index in [9.17, 15) is 0 Å². The van der Waals surface area contributed by atoms with Gasteiger partial charge in [-0.25, -0.2) is 0 Å². The summed E-state index contributed by atoms with van der Waals surface area (Å²) < 4.78 is 0. The Labute approximate surface area is 72.7 Å².